The highest BCUT2D eigenvalue weighted by atomic mass is 16.6. The first kappa shape index (κ1) is 29.1. The van der Waals surface area contributed by atoms with Crippen LogP contribution < -0.4 is 11.3 Å². The quantitative estimate of drug-likeness (QED) is 0.152. The van der Waals surface area contributed by atoms with E-state index in [0.29, 0.717) is 33.0 Å². The SMILES string of the molecule is NNC1C[C@H](COCc2ccccc2)[C@@H](OCc2ccccc2)[C@H](OCc2ccccc2)[C@H]1OCc1ccccc1. The van der Waals surface area contributed by atoms with Crippen LogP contribution in [0.4, 0.5) is 0 Å². The van der Waals surface area contributed by atoms with Gasteiger partial charge in [-0.25, -0.2) is 0 Å². The molecule has 1 aliphatic carbocycles. The van der Waals surface area contributed by atoms with E-state index in [0.717, 1.165) is 28.7 Å². The van der Waals surface area contributed by atoms with E-state index < -0.39 is 0 Å². The number of nitrogens with one attached hydrogen (secondary N) is 1. The van der Waals surface area contributed by atoms with Crippen molar-refractivity contribution in [1.29, 1.82) is 0 Å². The Morgan fingerprint density at radius 3 is 1.34 bits per heavy atom. The second-order valence-corrected chi connectivity index (χ2v) is 10.6. The molecule has 1 unspecified atom stereocenters. The predicted octanol–water partition coefficient (Wildman–Crippen LogP) is 5.81. The zero-order valence-electron chi connectivity index (χ0n) is 23.4. The first-order valence-corrected chi connectivity index (χ1v) is 14.3. The summed E-state index contributed by atoms with van der Waals surface area (Å²) in [6.45, 7) is 2.42. The molecule has 5 atom stereocenters. The number of hydrazine groups is 1. The topological polar surface area (TPSA) is 75.0 Å². The lowest BCUT2D eigenvalue weighted by molar-refractivity contribution is -0.203. The summed E-state index contributed by atoms with van der Waals surface area (Å²) in [6, 6.07) is 40.7. The minimum Gasteiger partial charge on any atom is -0.376 e. The summed E-state index contributed by atoms with van der Waals surface area (Å²) < 4.78 is 26.3. The highest BCUT2D eigenvalue weighted by Gasteiger charge is 2.47. The monoisotopic (exact) mass is 552 g/mol. The average Bonchev–Trinajstić information content (AvgIpc) is 3.04. The smallest absolute Gasteiger partial charge is 0.112 e. The normalized spacial score (nSPS) is 22.4. The molecule has 1 fully saturated rings. The zero-order chi connectivity index (χ0) is 28.1. The van der Waals surface area contributed by atoms with Crippen molar-refractivity contribution in [2.24, 2.45) is 11.8 Å². The molecule has 3 N–H and O–H groups in total. The van der Waals surface area contributed by atoms with E-state index in [2.05, 4.69) is 54.0 Å². The Morgan fingerprint density at radius 2 is 0.902 bits per heavy atom. The van der Waals surface area contributed by atoms with E-state index >= 15 is 0 Å². The van der Waals surface area contributed by atoms with E-state index in [9.17, 15) is 0 Å². The Morgan fingerprint density at radius 1 is 0.512 bits per heavy atom. The summed E-state index contributed by atoms with van der Waals surface area (Å²) in [5.74, 6) is 6.20. The van der Waals surface area contributed by atoms with Gasteiger partial charge in [-0.15, -0.1) is 0 Å². The minimum absolute atomic E-state index is 0.0424. The number of hydrogen-bond donors (Lipinski definition) is 2. The first-order valence-electron chi connectivity index (χ1n) is 14.3. The standard InChI is InChI=1S/C35H40N2O4/c36-37-32-21-31(26-38-22-27-13-5-1-6-14-27)33(39-23-28-15-7-2-8-16-28)35(41-25-30-19-11-4-12-20-30)34(32)40-24-29-17-9-3-10-18-29/h1-20,31-35,37H,21-26,36H2/t31-,32?,33-,34+,35+/m1/s1. The van der Waals surface area contributed by atoms with Crippen LogP contribution in [-0.4, -0.2) is 31.0 Å². The maximum atomic E-state index is 6.71. The second kappa shape index (κ2) is 15.6. The molecule has 1 saturated carbocycles. The van der Waals surface area contributed by atoms with Crippen LogP contribution in [0.15, 0.2) is 121 Å². The van der Waals surface area contributed by atoms with Crippen molar-refractivity contribution < 1.29 is 18.9 Å². The van der Waals surface area contributed by atoms with Gasteiger partial charge in [-0.05, 0) is 28.7 Å². The summed E-state index contributed by atoms with van der Waals surface area (Å²) in [4.78, 5) is 0. The Balaban J connectivity index is 1.38. The lowest BCUT2D eigenvalue weighted by atomic mass is 9.79. The third kappa shape index (κ3) is 8.57. The maximum absolute atomic E-state index is 6.71. The molecule has 0 spiro atoms. The van der Waals surface area contributed by atoms with Gasteiger partial charge >= 0.3 is 0 Å². The molecule has 0 heterocycles. The van der Waals surface area contributed by atoms with Crippen molar-refractivity contribution in [3.63, 3.8) is 0 Å². The van der Waals surface area contributed by atoms with Crippen molar-refractivity contribution in [3.8, 4) is 0 Å². The van der Waals surface area contributed by atoms with Crippen LogP contribution >= 0.6 is 0 Å². The molecule has 0 saturated heterocycles. The van der Waals surface area contributed by atoms with Crippen molar-refractivity contribution in [2.75, 3.05) is 6.61 Å². The molecular formula is C35H40N2O4. The van der Waals surface area contributed by atoms with Crippen LogP contribution in [0.2, 0.25) is 0 Å². The van der Waals surface area contributed by atoms with E-state index in [4.69, 9.17) is 24.8 Å². The number of nitrogens with two attached hydrogens (primary N) is 1. The summed E-state index contributed by atoms with van der Waals surface area (Å²) in [7, 11) is 0. The lowest BCUT2D eigenvalue weighted by Gasteiger charge is -2.46. The van der Waals surface area contributed by atoms with Crippen molar-refractivity contribution in [1.82, 2.24) is 5.43 Å². The fourth-order valence-electron chi connectivity index (χ4n) is 5.44. The van der Waals surface area contributed by atoms with Gasteiger partial charge in [0.05, 0.1) is 45.2 Å². The van der Waals surface area contributed by atoms with E-state index in [-0.39, 0.29) is 30.3 Å². The highest BCUT2D eigenvalue weighted by molar-refractivity contribution is 5.16. The van der Waals surface area contributed by atoms with Crippen molar-refractivity contribution in [2.45, 2.75) is 57.2 Å². The van der Waals surface area contributed by atoms with Crippen molar-refractivity contribution in [3.05, 3.63) is 144 Å². The third-order valence-electron chi connectivity index (χ3n) is 7.58. The van der Waals surface area contributed by atoms with Gasteiger partial charge in [-0.1, -0.05) is 121 Å². The van der Waals surface area contributed by atoms with Crippen LogP contribution in [0.5, 0.6) is 0 Å². The van der Waals surface area contributed by atoms with Gasteiger partial charge in [0.25, 0.3) is 0 Å². The molecular weight excluding hydrogens is 512 g/mol. The number of ether oxygens (including phenoxy) is 4. The molecule has 0 aromatic heterocycles. The van der Waals surface area contributed by atoms with Gasteiger partial charge in [0.1, 0.15) is 12.2 Å². The average molecular weight is 553 g/mol. The Labute approximate surface area is 243 Å². The van der Waals surface area contributed by atoms with Gasteiger partial charge in [-0.2, -0.15) is 0 Å². The van der Waals surface area contributed by atoms with Gasteiger partial charge in [-0.3, -0.25) is 11.3 Å². The van der Waals surface area contributed by atoms with Gasteiger partial charge < -0.3 is 18.9 Å². The van der Waals surface area contributed by atoms with Gasteiger partial charge in [0.2, 0.25) is 0 Å². The molecule has 0 amide bonds. The zero-order valence-corrected chi connectivity index (χ0v) is 23.4. The molecule has 4 aromatic rings. The van der Waals surface area contributed by atoms with Gasteiger partial charge in [0, 0.05) is 5.92 Å². The molecule has 0 aliphatic heterocycles. The second-order valence-electron chi connectivity index (χ2n) is 10.6. The van der Waals surface area contributed by atoms with E-state index in [1.807, 2.05) is 72.8 Å². The molecule has 5 rings (SSSR count). The van der Waals surface area contributed by atoms with E-state index in [1.54, 1.807) is 0 Å². The number of benzene rings is 4. The molecule has 0 radical (unpaired) electrons. The summed E-state index contributed by atoms with van der Waals surface area (Å²) in [5, 5.41) is 0. The highest BCUT2D eigenvalue weighted by Crippen LogP contribution is 2.34. The maximum Gasteiger partial charge on any atom is 0.112 e. The Hall–Kier alpha value is -3.36. The molecule has 41 heavy (non-hydrogen) atoms. The fraction of sp³-hybridized carbons (Fsp3) is 0.314. The van der Waals surface area contributed by atoms with Crippen LogP contribution in [-0.2, 0) is 45.4 Å². The lowest BCUT2D eigenvalue weighted by Crippen LogP contribution is -2.62. The Bertz CT molecular complexity index is 1260. The van der Waals surface area contributed by atoms with Crippen LogP contribution in [0.3, 0.4) is 0 Å². The summed E-state index contributed by atoms with van der Waals surface area (Å²) in [5.41, 5.74) is 7.47. The first-order chi connectivity index (χ1) is 20.3. The molecule has 6 heteroatoms. The Kier molecular flexibility index (Phi) is 11.1. The molecule has 1 aliphatic rings. The molecule has 214 valence electrons. The summed E-state index contributed by atoms with van der Waals surface area (Å²) in [6.07, 6.45) is -0.229. The predicted molar refractivity (Wildman–Crippen MR) is 160 cm³/mol. The molecule has 6 nitrogen and oxygen atoms in total. The third-order valence-corrected chi connectivity index (χ3v) is 7.58. The van der Waals surface area contributed by atoms with Crippen LogP contribution in [0.25, 0.3) is 0 Å². The largest absolute Gasteiger partial charge is 0.376 e. The molecule has 4 aromatic carbocycles. The van der Waals surface area contributed by atoms with E-state index in [1.165, 1.54) is 0 Å². The van der Waals surface area contributed by atoms with Crippen molar-refractivity contribution >= 4 is 0 Å². The van der Waals surface area contributed by atoms with Gasteiger partial charge in [0.15, 0.2) is 0 Å². The van der Waals surface area contributed by atoms with Crippen LogP contribution in [0.1, 0.15) is 28.7 Å². The number of rotatable bonds is 14. The summed E-state index contributed by atoms with van der Waals surface area (Å²) >= 11 is 0. The number of hydrogen-bond acceptors (Lipinski definition) is 6. The fourth-order valence-corrected chi connectivity index (χ4v) is 5.44. The van der Waals surface area contributed by atoms with Crippen LogP contribution in [0, 0.1) is 5.92 Å². The minimum atomic E-state index is -0.372. The molecule has 0 bridgehead atoms.